The highest BCUT2D eigenvalue weighted by molar-refractivity contribution is 5.86. The first kappa shape index (κ1) is 11.1. The lowest BCUT2D eigenvalue weighted by molar-refractivity contribution is 0.0697. The SMILES string of the molecule is O=C(O)c1cnn(CCn2ccccc2=O)c1. The van der Waals surface area contributed by atoms with Crippen LogP contribution in [0.2, 0.25) is 0 Å². The normalized spacial score (nSPS) is 10.4. The molecule has 0 unspecified atom stereocenters. The molecule has 0 aromatic carbocycles. The average molecular weight is 233 g/mol. The van der Waals surface area contributed by atoms with E-state index in [-0.39, 0.29) is 11.1 Å². The highest BCUT2D eigenvalue weighted by atomic mass is 16.4. The van der Waals surface area contributed by atoms with Crippen molar-refractivity contribution in [3.8, 4) is 0 Å². The quantitative estimate of drug-likeness (QED) is 0.831. The number of hydrogen-bond donors (Lipinski definition) is 1. The van der Waals surface area contributed by atoms with Crippen LogP contribution in [0.25, 0.3) is 0 Å². The molecule has 0 radical (unpaired) electrons. The molecule has 0 aliphatic heterocycles. The fraction of sp³-hybridized carbons (Fsp3) is 0.182. The molecule has 6 heteroatoms. The van der Waals surface area contributed by atoms with Gasteiger partial charge in [0.05, 0.1) is 18.3 Å². The van der Waals surface area contributed by atoms with Crippen LogP contribution < -0.4 is 5.56 Å². The number of carbonyl (C=O) groups is 1. The third-order valence-corrected chi connectivity index (χ3v) is 2.35. The Morgan fingerprint density at radius 3 is 2.82 bits per heavy atom. The van der Waals surface area contributed by atoms with Gasteiger partial charge < -0.3 is 9.67 Å². The van der Waals surface area contributed by atoms with Gasteiger partial charge in [-0.05, 0) is 6.07 Å². The smallest absolute Gasteiger partial charge is 0.338 e. The molecule has 0 atom stereocenters. The van der Waals surface area contributed by atoms with Crippen LogP contribution in [0.15, 0.2) is 41.6 Å². The molecule has 0 fully saturated rings. The Balaban J connectivity index is 2.05. The number of carboxylic acids is 1. The summed E-state index contributed by atoms with van der Waals surface area (Å²) in [6.07, 6.45) is 4.41. The Morgan fingerprint density at radius 2 is 2.18 bits per heavy atom. The number of hydrogen-bond acceptors (Lipinski definition) is 3. The summed E-state index contributed by atoms with van der Waals surface area (Å²) < 4.78 is 3.05. The van der Waals surface area contributed by atoms with E-state index in [1.165, 1.54) is 23.1 Å². The van der Waals surface area contributed by atoms with E-state index in [9.17, 15) is 9.59 Å². The number of aryl methyl sites for hydroxylation is 2. The zero-order valence-electron chi connectivity index (χ0n) is 8.98. The monoisotopic (exact) mass is 233 g/mol. The molecule has 2 rings (SSSR count). The van der Waals surface area contributed by atoms with Crippen molar-refractivity contribution in [1.82, 2.24) is 14.3 Å². The van der Waals surface area contributed by atoms with E-state index in [0.29, 0.717) is 13.1 Å². The van der Waals surface area contributed by atoms with Crippen molar-refractivity contribution < 1.29 is 9.90 Å². The summed E-state index contributed by atoms with van der Waals surface area (Å²) in [7, 11) is 0. The maximum absolute atomic E-state index is 11.4. The molecule has 0 aliphatic carbocycles. The van der Waals surface area contributed by atoms with E-state index in [1.54, 1.807) is 22.9 Å². The first-order chi connectivity index (χ1) is 8.16. The van der Waals surface area contributed by atoms with Gasteiger partial charge in [0, 0.05) is 25.0 Å². The number of nitrogens with zero attached hydrogens (tertiary/aromatic N) is 3. The predicted molar refractivity (Wildman–Crippen MR) is 59.9 cm³/mol. The predicted octanol–water partition coefficient (Wildman–Crippen LogP) is 0.443. The van der Waals surface area contributed by atoms with Gasteiger partial charge in [0.15, 0.2) is 0 Å². The van der Waals surface area contributed by atoms with Crippen LogP contribution in [-0.2, 0) is 13.1 Å². The van der Waals surface area contributed by atoms with Crippen molar-refractivity contribution >= 4 is 5.97 Å². The second-order valence-electron chi connectivity index (χ2n) is 3.53. The zero-order valence-corrected chi connectivity index (χ0v) is 8.98. The van der Waals surface area contributed by atoms with Gasteiger partial charge in [-0.2, -0.15) is 5.10 Å². The summed E-state index contributed by atoms with van der Waals surface area (Å²) in [5, 5.41) is 12.6. The Hall–Kier alpha value is -2.37. The van der Waals surface area contributed by atoms with E-state index in [1.807, 2.05) is 0 Å². The zero-order chi connectivity index (χ0) is 12.3. The summed E-state index contributed by atoms with van der Waals surface area (Å²) in [5.74, 6) is -1.01. The molecule has 6 nitrogen and oxygen atoms in total. The summed E-state index contributed by atoms with van der Waals surface area (Å²) in [4.78, 5) is 22.0. The molecular weight excluding hydrogens is 222 g/mol. The van der Waals surface area contributed by atoms with Gasteiger partial charge in [0.1, 0.15) is 0 Å². The molecule has 88 valence electrons. The first-order valence-electron chi connectivity index (χ1n) is 5.08. The number of aromatic carboxylic acids is 1. The van der Waals surface area contributed by atoms with Crippen molar-refractivity contribution in [2.75, 3.05) is 0 Å². The Morgan fingerprint density at radius 1 is 1.35 bits per heavy atom. The molecule has 0 spiro atoms. The minimum Gasteiger partial charge on any atom is -0.478 e. The molecule has 1 N–H and O–H groups in total. The number of rotatable bonds is 4. The van der Waals surface area contributed by atoms with Gasteiger partial charge in [-0.3, -0.25) is 9.48 Å². The average Bonchev–Trinajstić information content (AvgIpc) is 2.77. The topological polar surface area (TPSA) is 77.1 Å². The lowest BCUT2D eigenvalue weighted by Gasteiger charge is -2.04. The van der Waals surface area contributed by atoms with Gasteiger partial charge in [-0.25, -0.2) is 4.79 Å². The van der Waals surface area contributed by atoms with Gasteiger partial charge in [0.2, 0.25) is 0 Å². The molecule has 0 aliphatic rings. The molecular formula is C11H11N3O3. The molecule has 0 amide bonds. The van der Waals surface area contributed by atoms with Crippen LogP contribution in [0.3, 0.4) is 0 Å². The van der Waals surface area contributed by atoms with E-state index < -0.39 is 5.97 Å². The number of aromatic nitrogens is 3. The van der Waals surface area contributed by atoms with Gasteiger partial charge in [0.25, 0.3) is 5.56 Å². The Kier molecular flexibility index (Phi) is 3.04. The molecule has 2 aromatic rings. The molecule has 2 heterocycles. The highest BCUT2D eigenvalue weighted by Crippen LogP contribution is 1.97. The Bertz CT molecular complexity index is 585. The van der Waals surface area contributed by atoms with Gasteiger partial charge >= 0.3 is 5.97 Å². The lowest BCUT2D eigenvalue weighted by atomic mass is 10.4. The van der Waals surface area contributed by atoms with Crippen LogP contribution in [0.5, 0.6) is 0 Å². The van der Waals surface area contributed by atoms with Crippen LogP contribution in [0.1, 0.15) is 10.4 Å². The summed E-state index contributed by atoms with van der Waals surface area (Å²) in [6.45, 7) is 0.914. The fourth-order valence-electron chi connectivity index (χ4n) is 1.45. The highest BCUT2D eigenvalue weighted by Gasteiger charge is 2.05. The third-order valence-electron chi connectivity index (χ3n) is 2.35. The van der Waals surface area contributed by atoms with E-state index >= 15 is 0 Å². The molecule has 2 aromatic heterocycles. The van der Waals surface area contributed by atoms with Crippen molar-refractivity contribution in [3.63, 3.8) is 0 Å². The standard InChI is InChI=1S/C11H11N3O3/c15-10-3-1-2-4-13(10)5-6-14-8-9(7-12-14)11(16)17/h1-4,7-8H,5-6H2,(H,16,17). The van der Waals surface area contributed by atoms with Crippen molar-refractivity contribution in [2.24, 2.45) is 0 Å². The number of pyridine rings is 1. The van der Waals surface area contributed by atoms with Gasteiger partial charge in [-0.1, -0.05) is 6.07 Å². The maximum Gasteiger partial charge on any atom is 0.338 e. The van der Waals surface area contributed by atoms with Crippen molar-refractivity contribution in [1.29, 1.82) is 0 Å². The third kappa shape index (κ3) is 2.60. The van der Waals surface area contributed by atoms with Crippen molar-refractivity contribution in [3.05, 3.63) is 52.7 Å². The minimum absolute atomic E-state index is 0.0851. The van der Waals surface area contributed by atoms with Crippen LogP contribution in [0, 0.1) is 0 Å². The molecule has 0 saturated heterocycles. The van der Waals surface area contributed by atoms with E-state index in [4.69, 9.17) is 5.11 Å². The van der Waals surface area contributed by atoms with Crippen molar-refractivity contribution in [2.45, 2.75) is 13.1 Å². The molecule has 17 heavy (non-hydrogen) atoms. The molecule has 0 bridgehead atoms. The van der Waals surface area contributed by atoms with Crippen LogP contribution in [-0.4, -0.2) is 25.4 Å². The van der Waals surface area contributed by atoms with Gasteiger partial charge in [-0.15, -0.1) is 0 Å². The molecule has 0 saturated carbocycles. The largest absolute Gasteiger partial charge is 0.478 e. The summed E-state index contributed by atoms with van der Waals surface area (Å²) in [5.41, 5.74) is 0.0588. The van der Waals surface area contributed by atoms with Crippen LogP contribution in [0.4, 0.5) is 0 Å². The summed E-state index contributed by atoms with van der Waals surface area (Å²) in [6, 6.07) is 4.92. The Labute approximate surface area is 96.7 Å². The second kappa shape index (κ2) is 4.65. The number of carboxylic acid groups (broad SMARTS) is 1. The lowest BCUT2D eigenvalue weighted by Crippen LogP contribution is -2.20. The van der Waals surface area contributed by atoms with E-state index in [0.717, 1.165) is 0 Å². The van der Waals surface area contributed by atoms with Crippen LogP contribution >= 0.6 is 0 Å². The summed E-state index contributed by atoms with van der Waals surface area (Å²) >= 11 is 0. The minimum atomic E-state index is -1.01. The second-order valence-corrected chi connectivity index (χ2v) is 3.53. The first-order valence-corrected chi connectivity index (χ1v) is 5.08. The van der Waals surface area contributed by atoms with E-state index in [2.05, 4.69) is 5.10 Å². The maximum atomic E-state index is 11.4. The fourth-order valence-corrected chi connectivity index (χ4v) is 1.45.